The van der Waals surface area contributed by atoms with Crippen LogP contribution in [0.3, 0.4) is 0 Å². The summed E-state index contributed by atoms with van der Waals surface area (Å²) in [6, 6.07) is 9.31. The molecule has 0 spiro atoms. The average molecular weight is 514 g/mol. The van der Waals surface area contributed by atoms with E-state index < -0.39 is 19.7 Å². The zero-order chi connectivity index (χ0) is 23.0. The predicted molar refractivity (Wildman–Crippen MR) is 135 cm³/mol. The number of carbonyl (C=O) groups excluding carboxylic acids is 1. The summed E-state index contributed by atoms with van der Waals surface area (Å²) in [4.78, 5) is 17.7. The van der Waals surface area contributed by atoms with E-state index in [0.717, 1.165) is 41.4 Å². The zero-order valence-corrected chi connectivity index (χ0v) is 21.2. The van der Waals surface area contributed by atoms with Crippen LogP contribution in [0.25, 0.3) is 0 Å². The van der Waals surface area contributed by atoms with Crippen molar-refractivity contribution in [1.82, 2.24) is 4.73 Å². The molecule has 0 radical (unpaired) electrons. The molecule has 0 aliphatic carbocycles. The molecule has 1 aromatic heterocycles. The van der Waals surface area contributed by atoms with Gasteiger partial charge >= 0.3 is 5.97 Å². The highest BCUT2D eigenvalue weighted by Crippen LogP contribution is 2.64. The normalized spacial score (nSPS) is 20.6. The van der Waals surface area contributed by atoms with Gasteiger partial charge in [-0.1, -0.05) is 12.1 Å². The monoisotopic (exact) mass is 513 g/mol. The molecule has 0 amide bonds. The molecule has 2 fully saturated rings. The fraction of sp³-hybridized carbons (Fsp3) is 0.500. The van der Waals surface area contributed by atoms with E-state index in [1.165, 1.54) is 12.1 Å². The van der Waals surface area contributed by atoms with E-state index >= 15 is 0 Å². The van der Waals surface area contributed by atoms with Crippen molar-refractivity contribution >= 4 is 53.0 Å². The second kappa shape index (κ2) is 9.29. The lowest BCUT2D eigenvalue weighted by atomic mass is 9.86. The van der Waals surface area contributed by atoms with Crippen LogP contribution in [0.2, 0.25) is 0 Å². The molecule has 0 bridgehead atoms. The molecule has 3 N–H and O–H groups in total. The molecule has 174 valence electrons. The quantitative estimate of drug-likeness (QED) is 0.533. The average Bonchev–Trinajstić information content (AvgIpc) is 3.11. The maximum atomic E-state index is 12.6. The van der Waals surface area contributed by atoms with E-state index in [2.05, 4.69) is 13.8 Å². The van der Waals surface area contributed by atoms with Crippen LogP contribution < -0.4 is 4.84 Å². The zero-order valence-electron chi connectivity index (χ0n) is 17.9. The molecular weight excluding hydrogens is 487 g/mol. The van der Waals surface area contributed by atoms with Crippen molar-refractivity contribution < 1.29 is 25.0 Å². The number of aliphatic hydroxyl groups is 1. The number of benzene rings is 1. The minimum atomic E-state index is -1.13. The molecule has 0 unspecified atom stereocenters. The third-order valence-corrected chi connectivity index (χ3v) is 12.7. The summed E-state index contributed by atoms with van der Waals surface area (Å²) in [6.45, 7) is 4.28. The van der Waals surface area contributed by atoms with Crippen LogP contribution in [0.15, 0.2) is 36.4 Å². The molecule has 2 aromatic rings. The Balaban J connectivity index is 1.67. The Morgan fingerprint density at radius 2 is 1.31 bits per heavy atom. The Bertz CT molecular complexity index is 922. The van der Waals surface area contributed by atoms with Crippen molar-refractivity contribution in [2.45, 2.75) is 40.4 Å². The van der Waals surface area contributed by atoms with Gasteiger partial charge in [-0.3, -0.25) is 0 Å². The molecule has 2 aliphatic heterocycles. The van der Waals surface area contributed by atoms with E-state index in [9.17, 15) is 20.1 Å². The van der Waals surface area contributed by atoms with Gasteiger partial charge in [0.05, 0.1) is 13.7 Å². The van der Waals surface area contributed by atoms with Crippen molar-refractivity contribution in [3.05, 3.63) is 47.5 Å². The van der Waals surface area contributed by atoms with Crippen molar-refractivity contribution in [3.8, 4) is 11.8 Å². The fourth-order valence-electron chi connectivity index (χ4n) is 4.10. The standard InChI is InChI=1S/C22H27NO5S4/c1-20(29-11-3-12-30-20)22(27,21(2)31-13-4-14-32-21)16-7-5-15(6-8-16)19(26)28-23-17(24)9-10-18(23)25/h5-10,24-25,27H,3-4,11-14H2,1-2H3. The molecule has 0 saturated carbocycles. The molecular formula is C22H27NO5S4. The number of aromatic hydroxyl groups is 2. The van der Waals surface area contributed by atoms with Gasteiger partial charge < -0.3 is 20.2 Å². The third-order valence-electron chi connectivity index (χ3n) is 5.91. The van der Waals surface area contributed by atoms with Crippen LogP contribution in [0.4, 0.5) is 0 Å². The lowest BCUT2D eigenvalue weighted by molar-refractivity contribution is 0.0200. The van der Waals surface area contributed by atoms with Crippen LogP contribution in [0, 0.1) is 0 Å². The summed E-state index contributed by atoms with van der Waals surface area (Å²) >= 11 is 7.25. The van der Waals surface area contributed by atoms with Gasteiger partial charge in [-0.25, -0.2) is 4.79 Å². The first kappa shape index (κ1) is 24.1. The third kappa shape index (κ3) is 4.13. The molecule has 1 aromatic carbocycles. The Labute approximate surface area is 204 Å². The summed E-state index contributed by atoms with van der Waals surface area (Å²) in [5.74, 6) is 2.55. The number of carbonyl (C=O) groups is 1. The Kier molecular flexibility index (Phi) is 6.99. The van der Waals surface area contributed by atoms with Gasteiger partial charge in [0.1, 0.15) is 5.60 Å². The Morgan fingerprint density at radius 3 is 1.75 bits per heavy atom. The minimum Gasteiger partial charge on any atom is -0.492 e. The summed E-state index contributed by atoms with van der Waals surface area (Å²) in [5, 5.41) is 31.9. The van der Waals surface area contributed by atoms with E-state index in [0.29, 0.717) is 4.73 Å². The number of hydrogen-bond donors (Lipinski definition) is 3. The maximum Gasteiger partial charge on any atom is 0.363 e. The summed E-state index contributed by atoms with van der Waals surface area (Å²) < 4.78 is -0.191. The fourth-order valence-corrected chi connectivity index (χ4v) is 11.2. The van der Waals surface area contributed by atoms with Crippen molar-refractivity contribution in [2.24, 2.45) is 0 Å². The van der Waals surface area contributed by atoms with Gasteiger partial charge in [0, 0.05) is 12.1 Å². The van der Waals surface area contributed by atoms with Crippen LogP contribution in [-0.4, -0.2) is 57.2 Å². The minimum absolute atomic E-state index is 0.256. The molecule has 3 heterocycles. The molecule has 4 rings (SSSR count). The number of thioether (sulfide) groups is 4. The first-order chi connectivity index (χ1) is 15.2. The Hall–Kier alpha value is -1.07. The van der Waals surface area contributed by atoms with Crippen molar-refractivity contribution in [2.75, 3.05) is 23.0 Å². The molecule has 0 atom stereocenters. The lowest BCUT2D eigenvalue weighted by Gasteiger charge is -2.55. The van der Waals surface area contributed by atoms with E-state index in [4.69, 9.17) is 4.84 Å². The second-order valence-corrected chi connectivity index (χ2v) is 14.6. The van der Waals surface area contributed by atoms with Gasteiger partial charge in [-0.15, -0.1) is 51.8 Å². The van der Waals surface area contributed by atoms with Crippen LogP contribution in [0.1, 0.15) is 42.6 Å². The number of nitrogens with zero attached hydrogens (tertiary/aromatic N) is 1. The Morgan fingerprint density at radius 1 is 0.875 bits per heavy atom. The SMILES string of the molecule is CC1(C(O)(c2ccc(C(=O)On3c(O)ccc3O)cc2)C2(C)SCCCS2)SCCCS1. The lowest BCUT2D eigenvalue weighted by Crippen LogP contribution is -2.58. The van der Waals surface area contributed by atoms with Gasteiger partial charge in [0.15, 0.2) is 0 Å². The van der Waals surface area contributed by atoms with Gasteiger partial charge in [-0.05, 0) is 67.4 Å². The van der Waals surface area contributed by atoms with Crippen molar-refractivity contribution in [3.63, 3.8) is 0 Å². The molecule has 6 nitrogen and oxygen atoms in total. The second-order valence-electron chi connectivity index (χ2n) is 8.00. The van der Waals surface area contributed by atoms with E-state index in [1.54, 1.807) is 24.3 Å². The van der Waals surface area contributed by atoms with Gasteiger partial charge in [0.2, 0.25) is 11.8 Å². The van der Waals surface area contributed by atoms with Crippen LogP contribution >= 0.6 is 47.0 Å². The van der Waals surface area contributed by atoms with E-state index in [-0.39, 0.29) is 17.3 Å². The summed E-state index contributed by atoms with van der Waals surface area (Å²) in [7, 11) is 0. The highest BCUT2D eigenvalue weighted by Gasteiger charge is 2.61. The van der Waals surface area contributed by atoms with Gasteiger partial charge in [-0.2, -0.15) is 0 Å². The first-order valence-electron chi connectivity index (χ1n) is 10.4. The number of hydrogen-bond acceptors (Lipinski definition) is 9. The highest BCUT2D eigenvalue weighted by molar-refractivity contribution is 8.20. The van der Waals surface area contributed by atoms with Crippen molar-refractivity contribution in [1.29, 1.82) is 0 Å². The number of rotatable bonds is 5. The molecule has 10 heteroatoms. The van der Waals surface area contributed by atoms with E-state index in [1.807, 2.05) is 47.0 Å². The molecule has 32 heavy (non-hydrogen) atoms. The first-order valence-corrected chi connectivity index (χ1v) is 14.4. The largest absolute Gasteiger partial charge is 0.492 e. The summed E-state index contributed by atoms with van der Waals surface area (Å²) in [5.41, 5.74) is -0.105. The smallest absolute Gasteiger partial charge is 0.363 e. The number of aromatic nitrogens is 1. The predicted octanol–water partition coefficient (Wildman–Crippen LogP) is 4.53. The molecule has 2 aliphatic rings. The molecule has 2 saturated heterocycles. The summed E-state index contributed by atoms with van der Waals surface area (Å²) in [6.07, 6.45) is 2.25. The van der Waals surface area contributed by atoms with Crippen LogP contribution in [-0.2, 0) is 5.60 Å². The van der Waals surface area contributed by atoms with Gasteiger partial charge in [0.25, 0.3) is 0 Å². The maximum absolute atomic E-state index is 12.6. The van der Waals surface area contributed by atoms with Crippen LogP contribution in [0.5, 0.6) is 11.8 Å². The topological polar surface area (TPSA) is 91.9 Å². The highest BCUT2D eigenvalue weighted by atomic mass is 32.2.